The Labute approximate surface area is 180 Å². The maximum absolute atomic E-state index is 13.8. The smallest absolute Gasteiger partial charge is 0.198 e. The minimum atomic E-state index is -0.384. The SMILES string of the molecule is Cc1cc(Nc2cc(=NC3CC3)n3ncc(=Cc4cc(O)[nH]c4O)c3n2)c(Cl)cc1F. The number of hydrogen-bond acceptors (Lipinski definition) is 6. The van der Waals surface area contributed by atoms with Gasteiger partial charge in [-0.15, -0.1) is 0 Å². The zero-order valence-corrected chi connectivity index (χ0v) is 17.2. The molecule has 1 saturated carbocycles. The molecular weight excluding hydrogens is 423 g/mol. The summed E-state index contributed by atoms with van der Waals surface area (Å²) < 4.78 is 15.4. The number of anilines is 2. The third-order valence-electron chi connectivity index (χ3n) is 4.98. The van der Waals surface area contributed by atoms with Gasteiger partial charge in [0.1, 0.15) is 11.6 Å². The zero-order valence-electron chi connectivity index (χ0n) is 16.4. The highest BCUT2D eigenvalue weighted by Gasteiger charge is 2.20. The highest BCUT2D eigenvalue weighted by atomic mass is 35.5. The van der Waals surface area contributed by atoms with Gasteiger partial charge in [0.05, 0.1) is 22.9 Å². The third kappa shape index (κ3) is 3.79. The number of halogens is 2. The average Bonchev–Trinajstić information content (AvgIpc) is 3.35. The summed E-state index contributed by atoms with van der Waals surface area (Å²) in [5, 5.41) is 27.9. The Morgan fingerprint density at radius 1 is 1.29 bits per heavy atom. The van der Waals surface area contributed by atoms with Crippen LogP contribution in [-0.4, -0.2) is 35.8 Å². The number of H-pyrrole nitrogens is 1. The van der Waals surface area contributed by atoms with Crippen molar-refractivity contribution >= 4 is 34.8 Å². The summed E-state index contributed by atoms with van der Waals surface area (Å²) in [5.41, 5.74) is 2.49. The third-order valence-corrected chi connectivity index (χ3v) is 5.29. The van der Waals surface area contributed by atoms with Gasteiger partial charge in [0, 0.05) is 22.9 Å². The summed E-state index contributed by atoms with van der Waals surface area (Å²) >= 11 is 6.21. The molecule has 31 heavy (non-hydrogen) atoms. The molecule has 4 N–H and O–H groups in total. The maximum atomic E-state index is 13.8. The molecule has 1 aromatic carbocycles. The number of aromatic nitrogens is 4. The molecule has 1 aliphatic carbocycles. The Morgan fingerprint density at radius 2 is 2.10 bits per heavy atom. The van der Waals surface area contributed by atoms with E-state index in [9.17, 15) is 14.6 Å². The Morgan fingerprint density at radius 3 is 2.81 bits per heavy atom. The topological polar surface area (TPSA) is 111 Å². The lowest BCUT2D eigenvalue weighted by Crippen LogP contribution is -2.19. The molecule has 0 unspecified atom stereocenters. The summed E-state index contributed by atoms with van der Waals surface area (Å²) in [5.74, 6) is -0.231. The van der Waals surface area contributed by atoms with Crippen LogP contribution in [0.3, 0.4) is 0 Å². The molecule has 10 heteroatoms. The Bertz CT molecular complexity index is 1440. The molecule has 1 fully saturated rings. The quantitative estimate of drug-likeness (QED) is 0.390. The lowest BCUT2D eigenvalue weighted by molar-refractivity contribution is 0.425. The molecule has 0 bridgehead atoms. The van der Waals surface area contributed by atoms with E-state index < -0.39 is 0 Å². The van der Waals surface area contributed by atoms with Crippen molar-refractivity contribution in [1.82, 2.24) is 19.6 Å². The van der Waals surface area contributed by atoms with Crippen molar-refractivity contribution in [2.75, 3.05) is 5.32 Å². The van der Waals surface area contributed by atoms with Gasteiger partial charge in [0.25, 0.3) is 0 Å². The van der Waals surface area contributed by atoms with Crippen molar-refractivity contribution < 1.29 is 14.6 Å². The van der Waals surface area contributed by atoms with Crippen LogP contribution in [0, 0.1) is 12.7 Å². The van der Waals surface area contributed by atoms with Crippen molar-refractivity contribution in [3.63, 3.8) is 0 Å². The van der Waals surface area contributed by atoms with Crippen molar-refractivity contribution in [1.29, 1.82) is 0 Å². The fourth-order valence-electron chi connectivity index (χ4n) is 3.23. The number of nitrogens with one attached hydrogen (secondary N) is 2. The largest absolute Gasteiger partial charge is 0.494 e. The van der Waals surface area contributed by atoms with Crippen molar-refractivity contribution in [3.05, 3.63) is 63.1 Å². The van der Waals surface area contributed by atoms with Crippen LogP contribution in [0.15, 0.2) is 35.5 Å². The number of hydrogen-bond donors (Lipinski definition) is 4. The number of fused-ring (bicyclic) bond motifs is 1. The molecule has 0 atom stereocenters. The van der Waals surface area contributed by atoms with Crippen LogP contribution in [0.4, 0.5) is 15.9 Å². The van der Waals surface area contributed by atoms with E-state index in [-0.39, 0.29) is 28.6 Å². The number of aryl methyl sites for hydroxylation is 1. The fourth-order valence-corrected chi connectivity index (χ4v) is 3.42. The molecule has 0 spiro atoms. The molecule has 3 aromatic heterocycles. The highest BCUT2D eigenvalue weighted by molar-refractivity contribution is 6.33. The number of aromatic hydroxyl groups is 2. The molecule has 158 valence electrons. The summed E-state index contributed by atoms with van der Waals surface area (Å²) in [6, 6.07) is 6.28. The van der Waals surface area contributed by atoms with Crippen molar-refractivity contribution in [2.24, 2.45) is 4.99 Å². The van der Waals surface area contributed by atoms with Gasteiger partial charge in [-0.25, -0.2) is 9.37 Å². The molecule has 0 radical (unpaired) electrons. The van der Waals surface area contributed by atoms with Crippen LogP contribution >= 0.6 is 11.6 Å². The standard InChI is InChI=1S/C21H18ClFN6O2/c1-10-4-16(14(22)7-15(10)23)26-17-8-18(25-13-2-3-13)29-20(27-17)12(9-24-29)5-11-6-19(30)28-21(11)31/h4-9,13,26,28,30-31H,2-3H2,1H3. The summed E-state index contributed by atoms with van der Waals surface area (Å²) in [6.07, 6.45) is 5.30. The zero-order chi connectivity index (χ0) is 21.7. The molecule has 0 amide bonds. The highest BCUT2D eigenvalue weighted by Crippen LogP contribution is 2.28. The molecular formula is C21H18ClFN6O2. The average molecular weight is 441 g/mol. The van der Waals surface area contributed by atoms with E-state index in [0.29, 0.717) is 39.0 Å². The van der Waals surface area contributed by atoms with Gasteiger partial charge in [-0.2, -0.15) is 9.61 Å². The monoisotopic (exact) mass is 440 g/mol. The maximum Gasteiger partial charge on any atom is 0.198 e. The first-order chi connectivity index (χ1) is 14.9. The van der Waals surface area contributed by atoms with Crippen LogP contribution in [0.25, 0.3) is 11.7 Å². The second-order valence-corrected chi connectivity index (χ2v) is 7.91. The van der Waals surface area contributed by atoms with E-state index in [1.54, 1.807) is 35.8 Å². The molecule has 0 saturated heterocycles. The predicted molar refractivity (Wildman–Crippen MR) is 114 cm³/mol. The number of aromatic amines is 1. The van der Waals surface area contributed by atoms with Crippen molar-refractivity contribution in [3.8, 4) is 11.8 Å². The molecule has 3 heterocycles. The van der Waals surface area contributed by atoms with Crippen LogP contribution in [0.5, 0.6) is 11.8 Å². The minimum Gasteiger partial charge on any atom is -0.494 e. The second kappa shape index (κ2) is 7.28. The molecule has 1 aliphatic rings. The van der Waals surface area contributed by atoms with Crippen LogP contribution in [0.2, 0.25) is 5.02 Å². The Balaban J connectivity index is 1.67. The lowest BCUT2D eigenvalue weighted by Gasteiger charge is -2.10. The van der Waals surface area contributed by atoms with Gasteiger partial charge in [-0.05, 0) is 43.5 Å². The lowest BCUT2D eigenvalue weighted by atomic mass is 10.2. The Hall–Kier alpha value is -3.59. The van der Waals surface area contributed by atoms with E-state index in [4.69, 9.17) is 16.6 Å². The first-order valence-corrected chi connectivity index (χ1v) is 10.0. The van der Waals surface area contributed by atoms with E-state index in [1.165, 1.54) is 12.1 Å². The summed E-state index contributed by atoms with van der Waals surface area (Å²) in [7, 11) is 0. The normalized spacial score (nSPS) is 15.2. The summed E-state index contributed by atoms with van der Waals surface area (Å²) in [4.78, 5) is 11.8. The molecule has 8 nitrogen and oxygen atoms in total. The van der Waals surface area contributed by atoms with Crippen LogP contribution in [0.1, 0.15) is 24.0 Å². The molecule has 5 rings (SSSR count). The minimum absolute atomic E-state index is 0.152. The van der Waals surface area contributed by atoms with Gasteiger partial charge in [-0.3, -0.25) is 9.98 Å². The van der Waals surface area contributed by atoms with E-state index in [1.807, 2.05) is 0 Å². The second-order valence-electron chi connectivity index (χ2n) is 7.50. The molecule has 4 aromatic rings. The number of rotatable bonds is 4. The van der Waals surface area contributed by atoms with Gasteiger partial charge < -0.3 is 15.5 Å². The van der Waals surface area contributed by atoms with E-state index in [0.717, 1.165) is 12.8 Å². The van der Waals surface area contributed by atoms with Crippen molar-refractivity contribution in [2.45, 2.75) is 25.8 Å². The summed E-state index contributed by atoms with van der Waals surface area (Å²) in [6.45, 7) is 1.66. The van der Waals surface area contributed by atoms with Crippen LogP contribution in [-0.2, 0) is 0 Å². The van der Waals surface area contributed by atoms with Gasteiger partial charge in [0.15, 0.2) is 22.9 Å². The predicted octanol–water partition coefficient (Wildman–Crippen LogP) is 2.92. The molecule has 0 aliphatic heterocycles. The Kier molecular flexibility index (Phi) is 4.55. The fraction of sp³-hybridized carbons (Fsp3) is 0.190. The van der Waals surface area contributed by atoms with Gasteiger partial charge in [0.2, 0.25) is 0 Å². The van der Waals surface area contributed by atoms with Gasteiger partial charge in [-0.1, -0.05) is 11.6 Å². The number of benzene rings is 1. The number of nitrogens with zero attached hydrogens (tertiary/aromatic N) is 4. The van der Waals surface area contributed by atoms with Crippen LogP contribution < -0.4 is 16.0 Å². The van der Waals surface area contributed by atoms with E-state index in [2.05, 4.69) is 20.4 Å². The van der Waals surface area contributed by atoms with Gasteiger partial charge >= 0.3 is 0 Å². The first-order valence-electron chi connectivity index (χ1n) is 9.65. The first kappa shape index (κ1) is 19.4. The van der Waals surface area contributed by atoms with E-state index >= 15 is 0 Å².